The Kier molecular flexibility index (Phi) is 4.34. The van der Waals surface area contributed by atoms with Crippen LogP contribution in [0.2, 0.25) is 0 Å². The van der Waals surface area contributed by atoms with Crippen LogP contribution in [0.15, 0.2) is 19.8 Å². The molecule has 6 heteroatoms. The molecule has 20 heavy (non-hydrogen) atoms. The Morgan fingerprint density at radius 2 is 2.00 bits per heavy atom. The molecule has 0 radical (unpaired) electrons. The summed E-state index contributed by atoms with van der Waals surface area (Å²) in [4.78, 5) is 24.0. The van der Waals surface area contributed by atoms with Gasteiger partial charge in [0.2, 0.25) is 0 Å². The van der Waals surface area contributed by atoms with E-state index in [4.69, 9.17) is 9.15 Å². The number of ketones is 1. The van der Waals surface area contributed by atoms with Crippen LogP contribution in [0.1, 0.15) is 21.5 Å². The standard InChI is InChI=1S/C14H12Br2O4/c1-6-11(10(17)5-15)8-4-9(16)13(19-3)7(2)12(8)20-14(6)18/h4H,5H2,1-3H3. The number of methoxy groups -OCH3 is 1. The summed E-state index contributed by atoms with van der Waals surface area (Å²) in [6, 6.07) is 1.74. The number of benzene rings is 1. The maximum absolute atomic E-state index is 12.1. The zero-order valence-electron chi connectivity index (χ0n) is 11.2. The van der Waals surface area contributed by atoms with Crippen LogP contribution in [0.25, 0.3) is 11.0 Å². The largest absolute Gasteiger partial charge is 0.495 e. The molecule has 0 aliphatic rings. The summed E-state index contributed by atoms with van der Waals surface area (Å²) >= 11 is 6.55. The molecule has 0 spiro atoms. The van der Waals surface area contributed by atoms with Crippen LogP contribution in [0.3, 0.4) is 0 Å². The number of hydrogen-bond donors (Lipinski definition) is 0. The number of carbonyl (C=O) groups excluding carboxylic acids is 1. The van der Waals surface area contributed by atoms with Crippen molar-refractivity contribution in [1.82, 2.24) is 0 Å². The van der Waals surface area contributed by atoms with Gasteiger partial charge in [-0.1, -0.05) is 15.9 Å². The Labute approximate surface area is 132 Å². The smallest absolute Gasteiger partial charge is 0.339 e. The molecule has 0 fully saturated rings. The SMILES string of the molecule is COc1c(Br)cc2c(C(=O)CBr)c(C)c(=O)oc2c1C. The molecule has 0 saturated heterocycles. The number of aryl methyl sites for hydroxylation is 1. The van der Waals surface area contributed by atoms with Gasteiger partial charge in [-0.25, -0.2) is 4.79 Å². The van der Waals surface area contributed by atoms with Gasteiger partial charge >= 0.3 is 5.63 Å². The highest BCUT2D eigenvalue weighted by atomic mass is 79.9. The summed E-state index contributed by atoms with van der Waals surface area (Å²) in [6.07, 6.45) is 0. The highest BCUT2D eigenvalue weighted by Crippen LogP contribution is 2.36. The Bertz CT molecular complexity index is 762. The summed E-state index contributed by atoms with van der Waals surface area (Å²) in [5.74, 6) is 0.429. The van der Waals surface area contributed by atoms with Crippen LogP contribution in [-0.2, 0) is 0 Å². The lowest BCUT2D eigenvalue weighted by atomic mass is 10.00. The minimum Gasteiger partial charge on any atom is -0.495 e. The molecule has 0 aliphatic heterocycles. The molecule has 0 unspecified atom stereocenters. The maximum atomic E-state index is 12.1. The van der Waals surface area contributed by atoms with Gasteiger partial charge in [0.25, 0.3) is 0 Å². The second-order valence-electron chi connectivity index (χ2n) is 4.34. The number of carbonyl (C=O) groups is 1. The third-order valence-corrected chi connectivity index (χ3v) is 4.26. The number of halogens is 2. The van der Waals surface area contributed by atoms with E-state index in [0.29, 0.717) is 37.9 Å². The molecule has 0 bridgehead atoms. The van der Waals surface area contributed by atoms with Crippen LogP contribution < -0.4 is 10.4 Å². The fourth-order valence-corrected chi connectivity index (χ4v) is 3.18. The molecule has 1 aromatic heterocycles. The van der Waals surface area contributed by atoms with Gasteiger partial charge in [-0.05, 0) is 35.8 Å². The normalized spacial score (nSPS) is 10.8. The van der Waals surface area contributed by atoms with Gasteiger partial charge in [0.1, 0.15) is 11.3 Å². The van der Waals surface area contributed by atoms with Crippen LogP contribution in [0.4, 0.5) is 0 Å². The van der Waals surface area contributed by atoms with E-state index in [1.807, 2.05) is 0 Å². The van der Waals surface area contributed by atoms with Crippen molar-refractivity contribution in [2.45, 2.75) is 13.8 Å². The Morgan fingerprint density at radius 1 is 1.35 bits per heavy atom. The molecule has 0 atom stereocenters. The van der Waals surface area contributed by atoms with Crippen molar-refractivity contribution >= 4 is 48.6 Å². The Morgan fingerprint density at radius 3 is 2.55 bits per heavy atom. The first-order valence-corrected chi connectivity index (χ1v) is 7.73. The fourth-order valence-electron chi connectivity index (χ4n) is 2.21. The van der Waals surface area contributed by atoms with Crippen molar-refractivity contribution in [2.24, 2.45) is 0 Å². The van der Waals surface area contributed by atoms with Gasteiger partial charge in [-0.3, -0.25) is 4.79 Å². The van der Waals surface area contributed by atoms with E-state index >= 15 is 0 Å². The summed E-state index contributed by atoms with van der Waals surface area (Å²) in [5.41, 5.74) is 1.26. The van der Waals surface area contributed by atoms with E-state index in [2.05, 4.69) is 31.9 Å². The Balaban J connectivity index is 3.03. The molecule has 2 aromatic rings. The quantitative estimate of drug-likeness (QED) is 0.444. The predicted octanol–water partition coefficient (Wildman–Crippen LogP) is 3.76. The zero-order valence-corrected chi connectivity index (χ0v) is 14.3. The van der Waals surface area contributed by atoms with Crippen molar-refractivity contribution in [2.75, 3.05) is 12.4 Å². The lowest BCUT2D eigenvalue weighted by Gasteiger charge is -2.13. The Hall–Kier alpha value is -1.14. The number of Topliss-reactive ketones (excluding diaryl/α,β-unsaturated/α-hetero) is 1. The van der Waals surface area contributed by atoms with E-state index < -0.39 is 5.63 Å². The van der Waals surface area contributed by atoms with Gasteiger partial charge in [0, 0.05) is 22.1 Å². The van der Waals surface area contributed by atoms with Crippen LogP contribution >= 0.6 is 31.9 Å². The average Bonchev–Trinajstić information content (AvgIpc) is 2.41. The molecule has 0 amide bonds. The minimum atomic E-state index is -0.505. The van der Waals surface area contributed by atoms with Crippen molar-refractivity contribution in [3.63, 3.8) is 0 Å². The third kappa shape index (κ3) is 2.31. The van der Waals surface area contributed by atoms with Crippen molar-refractivity contribution in [3.8, 4) is 5.75 Å². The number of hydrogen-bond acceptors (Lipinski definition) is 4. The molecule has 106 valence electrons. The number of ether oxygens (including phenoxy) is 1. The second kappa shape index (κ2) is 5.69. The molecular formula is C14H12Br2O4. The van der Waals surface area contributed by atoms with Crippen LogP contribution in [0, 0.1) is 13.8 Å². The first-order valence-electron chi connectivity index (χ1n) is 5.82. The fraction of sp³-hybridized carbons (Fsp3) is 0.286. The third-order valence-electron chi connectivity index (χ3n) is 3.16. The molecular weight excluding hydrogens is 392 g/mol. The minimum absolute atomic E-state index is 0.148. The summed E-state index contributed by atoms with van der Waals surface area (Å²) in [7, 11) is 1.54. The summed E-state index contributed by atoms with van der Waals surface area (Å²) in [5, 5.41) is 0.756. The molecule has 1 heterocycles. The van der Waals surface area contributed by atoms with Crippen LogP contribution in [-0.4, -0.2) is 18.2 Å². The van der Waals surface area contributed by atoms with Crippen molar-refractivity contribution in [3.05, 3.63) is 37.6 Å². The van der Waals surface area contributed by atoms with E-state index in [-0.39, 0.29) is 11.1 Å². The maximum Gasteiger partial charge on any atom is 0.339 e. The van der Waals surface area contributed by atoms with Gasteiger partial charge in [0.15, 0.2) is 5.78 Å². The molecule has 0 N–H and O–H groups in total. The van der Waals surface area contributed by atoms with E-state index in [0.717, 1.165) is 0 Å². The topological polar surface area (TPSA) is 56.5 Å². The predicted molar refractivity (Wildman–Crippen MR) is 84.3 cm³/mol. The number of fused-ring (bicyclic) bond motifs is 1. The van der Waals surface area contributed by atoms with Gasteiger partial charge in [0.05, 0.1) is 16.9 Å². The lowest BCUT2D eigenvalue weighted by Crippen LogP contribution is -2.14. The van der Waals surface area contributed by atoms with E-state index in [1.54, 1.807) is 19.9 Å². The van der Waals surface area contributed by atoms with Crippen molar-refractivity contribution < 1.29 is 13.9 Å². The first kappa shape index (κ1) is 15.3. The van der Waals surface area contributed by atoms with Crippen LogP contribution in [0.5, 0.6) is 5.75 Å². The molecule has 0 saturated carbocycles. The van der Waals surface area contributed by atoms with Crippen molar-refractivity contribution in [1.29, 1.82) is 0 Å². The van der Waals surface area contributed by atoms with E-state index in [1.165, 1.54) is 7.11 Å². The molecule has 1 aromatic carbocycles. The molecule has 4 nitrogen and oxygen atoms in total. The lowest BCUT2D eigenvalue weighted by molar-refractivity contribution is 0.102. The average molecular weight is 404 g/mol. The second-order valence-corrected chi connectivity index (χ2v) is 5.75. The van der Waals surface area contributed by atoms with Gasteiger partial charge in [-0.15, -0.1) is 0 Å². The molecule has 0 aliphatic carbocycles. The van der Waals surface area contributed by atoms with E-state index in [9.17, 15) is 9.59 Å². The monoisotopic (exact) mass is 402 g/mol. The highest BCUT2D eigenvalue weighted by Gasteiger charge is 2.21. The van der Waals surface area contributed by atoms with Gasteiger partial charge in [-0.2, -0.15) is 0 Å². The number of alkyl halides is 1. The number of rotatable bonds is 3. The molecule has 2 rings (SSSR count). The first-order chi connectivity index (χ1) is 9.42. The summed E-state index contributed by atoms with van der Waals surface area (Å²) in [6.45, 7) is 3.38. The highest BCUT2D eigenvalue weighted by molar-refractivity contribution is 9.10. The van der Waals surface area contributed by atoms with Gasteiger partial charge < -0.3 is 9.15 Å². The zero-order chi connectivity index (χ0) is 15.0. The summed E-state index contributed by atoms with van der Waals surface area (Å²) < 4.78 is 11.3.